The predicted molar refractivity (Wildman–Crippen MR) is 89.9 cm³/mol. The first-order valence-corrected chi connectivity index (χ1v) is 7.72. The highest BCUT2D eigenvalue weighted by molar-refractivity contribution is 5.51. The fourth-order valence-corrected chi connectivity index (χ4v) is 3.17. The Kier molecular flexibility index (Phi) is 3.98. The number of benzene rings is 2. The number of nitrogens with zero attached hydrogens (tertiary/aromatic N) is 1. The molecular weight excluding hydrogens is 256 g/mol. The van der Waals surface area contributed by atoms with Crippen LogP contribution in [0.25, 0.3) is 0 Å². The lowest BCUT2D eigenvalue weighted by molar-refractivity contribution is 0.642. The molecule has 2 aromatic rings. The molecule has 0 radical (unpaired) electrons. The van der Waals surface area contributed by atoms with Crippen LogP contribution in [0.1, 0.15) is 27.8 Å². The standard InChI is InChI=1S/C19H24N2/c1-14-8-15(2)10-19(9-14)21(3)13-16-4-5-17-6-7-20-12-18(17)11-16/h4-5,8-11,20H,6-7,12-13H2,1-3H3. The van der Waals surface area contributed by atoms with Crippen molar-refractivity contribution in [3.8, 4) is 0 Å². The monoisotopic (exact) mass is 280 g/mol. The minimum atomic E-state index is 0.955. The highest BCUT2D eigenvalue weighted by atomic mass is 15.1. The summed E-state index contributed by atoms with van der Waals surface area (Å²) in [5.74, 6) is 0. The number of rotatable bonds is 3. The van der Waals surface area contributed by atoms with Crippen molar-refractivity contribution in [1.82, 2.24) is 5.32 Å². The lowest BCUT2D eigenvalue weighted by Gasteiger charge is -2.23. The number of nitrogens with one attached hydrogen (secondary N) is 1. The van der Waals surface area contributed by atoms with Gasteiger partial charge in [0.1, 0.15) is 0 Å². The van der Waals surface area contributed by atoms with E-state index in [1.165, 1.54) is 33.5 Å². The van der Waals surface area contributed by atoms with Crippen LogP contribution < -0.4 is 10.2 Å². The zero-order valence-corrected chi connectivity index (χ0v) is 13.2. The minimum Gasteiger partial charge on any atom is -0.370 e. The molecule has 3 rings (SSSR count). The molecule has 1 N–H and O–H groups in total. The third kappa shape index (κ3) is 3.27. The molecule has 0 unspecified atom stereocenters. The van der Waals surface area contributed by atoms with Crippen LogP contribution in [-0.2, 0) is 19.5 Å². The third-order valence-electron chi connectivity index (χ3n) is 4.22. The molecule has 21 heavy (non-hydrogen) atoms. The van der Waals surface area contributed by atoms with Gasteiger partial charge in [-0.3, -0.25) is 0 Å². The first-order chi connectivity index (χ1) is 10.1. The van der Waals surface area contributed by atoms with E-state index >= 15 is 0 Å². The van der Waals surface area contributed by atoms with Crippen LogP contribution >= 0.6 is 0 Å². The summed E-state index contributed by atoms with van der Waals surface area (Å²) in [4.78, 5) is 2.33. The molecule has 0 atom stereocenters. The van der Waals surface area contributed by atoms with Crippen LogP contribution in [0.4, 0.5) is 5.69 Å². The second-order valence-electron chi connectivity index (χ2n) is 6.23. The SMILES string of the molecule is Cc1cc(C)cc(N(C)Cc2ccc3c(c2)CNCC3)c1. The summed E-state index contributed by atoms with van der Waals surface area (Å²) >= 11 is 0. The van der Waals surface area contributed by atoms with Gasteiger partial charge in [-0.25, -0.2) is 0 Å². The van der Waals surface area contributed by atoms with Crippen molar-refractivity contribution in [3.05, 3.63) is 64.2 Å². The lowest BCUT2D eigenvalue weighted by atomic mass is 9.98. The molecule has 110 valence electrons. The Bertz CT molecular complexity index is 626. The molecular formula is C19H24N2. The zero-order chi connectivity index (χ0) is 14.8. The highest BCUT2D eigenvalue weighted by Crippen LogP contribution is 2.21. The van der Waals surface area contributed by atoms with Gasteiger partial charge in [-0.15, -0.1) is 0 Å². The first-order valence-electron chi connectivity index (χ1n) is 7.72. The largest absolute Gasteiger partial charge is 0.370 e. The molecule has 0 aliphatic carbocycles. The molecule has 0 amide bonds. The van der Waals surface area contributed by atoms with Crippen molar-refractivity contribution < 1.29 is 0 Å². The van der Waals surface area contributed by atoms with Crippen LogP contribution in [0, 0.1) is 13.8 Å². The maximum Gasteiger partial charge on any atom is 0.0426 e. The second kappa shape index (κ2) is 5.90. The van der Waals surface area contributed by atoms with Gasteiger partial charge in [0.2, 0.25) is 0 Å². The van der Waals surface area contributed by atoms with Gasteiger partial charge in [0, 0.05) is 25.8 Å². The molecule has 0 aromatic heterocycles. The van der Waals surface area contributed by atoms with E-state index in [0.29, 0.717) is 0 Å². The van der Waals surface area contributed by atoms with Gasteiger partial charge >= 0.3 is 0 Å². The van der Waals surface area contributed by atoms with E-state index in [-0.39, 0.29) is 0 Å². The quantitative estimate of drug-likeness (QED) is 0.924. The Morgan fingerprint density at radius 2 is 1.76 bits per heavy atom. The molecule has 0 spiro atoms. The number of hydrogen-bond donors (Lipinski definition) is 1. The van der Waals surface area contributed by atoms with Crippen molar-refractivity contribution >= 4 is 5.69 Å². The average Bonchev–Trinajstić information content (AvgIpc) is 2.46. The van der Waals surface area contributed by atoms with E-state index in [1.807, 2.05) is 0 Å². The topological polar surface area (TPSA) is 15.3 Å². The minimum absolute atomic E-state index is 0.955. The summed E-state index contributed by atoms with van der Waals surface area (Å²) < 4.78 is 0. The Hall–Kier alpha value is -1.80. The van der Waals surface area contributed by atoms with Crippen molar-refractivity contribution in [3.63, 3.8) is 0 Å². The fourth-order valence-electron chi connectivity index (χ4n) is 3.17. The fraction of sp³-hybridized carbons (Fsp3) is 0.368. The predicted octanol–water partition coefficient (Wildman–Crippen LogP) is 3.59. The Morgan fingerprint density at radius 1 is 1.00 bits per heavy atom. The molecule has 1 aliphatic rings. The highest BCUT2D eigenvalue weighted by Gasteiger charge is 2.10. The zero-order valence-electron chi connectivity index (χ0n) is 13.2. The summed E-state index contributed by atoms with van der Waals surface area (Å²) in [6.07, 6.45) is 1.16. The van der Waals surface area contributed by atoms with Crippen molar-refractivity contribution in [2.75, 3.05) is 18.5 Å². The Balaban J connectivity index is 1.79. The molecule has 0 saturated carbocycles. The summed E-state index contributed by atoms with van der Waals surface area (Å²) in [5.41, 5.74) is 8.31. The smallest absolute Gasteiger partial charge is 0.0426 e. The van der Waals surface area contributed by atoms with Crippen LogP contribution in [0.15, 0.2) is 36.4 Å². The van der Waals surface area contributed by atoms with Gasteiger partial charge < -0.3 is 10.2 Å². The number of fused-ring (bicyclic) bond motifs is 1. The van der Waals surface area contributed by atoms with Gasteiger partial charge in [0.05, 0.1) is 0 Å². The summed E-state index contributed by atoms with van der Waals surface area (Å²) in [6.45, 7) is 7.39. The Labute approximate surface area is 127 Å². The van der Waals surface area contributed by atoms with Gasteiger partial charge in [-0.1, -0.05) is 24.3 Å². The number of aryl methyl sites for hydroxylation is 2. The van der Waals surface area contributed by atoms with E-state index in [4.69, 9.17) is 0 Å². The molecule has 2 heteroatoms. The summed E-state index contributed by atoms with van der Waals surface area (Å²) in [7, 11) is 2.17. The summed E-state index contributed by atoms with van der Waals surface area (Å²) in [5, 5.41) is 3.45. The molecule has 0 fully saturated rings. The van der Waals surface area contributed by atoms with E-state index in [2.05, 4.69) is 67.5 Å². The number of hydrogen-bond acceptors (Lipinski definition) is 2. The van der Waals surface area contributed by atoms with Gasteiger partial charge in [0.25, 0.3) is 0 Å². The lowest BCUT2D eigenvalue weighted by Crippen LogP contribution is -2.24. The maximum atomic E-state index is 3.45. The van der Waals surface area contributed by atoms with E-state index in [9.17, 15) is 0 Å². The van der Waals surface area contributed by atoms with Crippen LogP contribution in [-0.4, -0.2) is 13.6 Å². The molecule has 1 heterocycles. The van der Waals surface area contributed by atoms with E-state index in [0.717, 1.165) is 26.1 Å². The molecule has 2 aromatic carbocycles. The molecule has 1 aliphatic heterocycles. The van der Waals surface area contributed by atoms with E-state index in [1.54, 1.807) is 0 Å². The normalized spacial score (nSPS) is 13.9. The van der Waals surface area contributed by atoms with Crippen LogP contribution in [0.2, 0.25) is 0 Å². The van der Waals surface area contributed by atoms with Gasteiger partial charge in [0.15, 0.2) is 0 Å². The van der Waals surface area contributed by atoms with Crippen molar-refractivity contribution in [1.29, 1.82) is 0 Å². The van der Waals surface area contributed by atoms with Gasteiger partial charge in [-0.2, -0.15) is 0 Å². The van der Waals surface area contributed by atoms with Crippen LogP contribution in [0.3, 0.4) is 0 Å². The molecule has 0 saturated heterocycles. The maximum absolute atomic E-state index is 3.45. The van der Waals surface area contributed by atoms with Crippen LogP contribution in [0.5, 0.6) is 0 Å². The second-order valence-corrected chi connectivity index (χ2v) is 6.23. The summed E-state index contributed by atoms with van der Waals surface area (Å²) in [6, 6.07) is 13.7. The molecule has 0 bridgehead atoms. The van der Waals surface area contributed by atoms with E-state index < -0.39 is 0 Å². The molecule has 2 nitrogen and oxygen atoms in total. The average molecular weight is 280 g/mol. The number of anilines is 1. The Morgan fingerprint density at radius 3 is 2.52 bits per heavy atom. The first kappa shape index (κ1) is 14.2. The van der Waals surface area contributed by atoms with Crippen molar-refractivity contribution in [2.45, 2.75) is 33.4 Å². The third-order valence-corrected chi connectivity index (χ3v) is 4.22. The van der Waals surface area contributed by atoms with Gasteiger partial charge in [-0.05, 0) is 66.8 Å². The van der Waals surface area contributed by atoms with Crippen molar-refractivity contribution in [2.24, 2.45) is 0 Å².